The molecule has 0 aromatic carbocycles. The highest BCUT2D eigenvalue weighted by Crippen LogP contribution is 2.28. The van der Waals surface area contributed by atoms with E-state index in [2.05, 4.69) is 25.5 Å². The number of anilines is 1. The molecule has 7 nitrogen and oxygen atoms in total. The summed E-state index contributed by atoms with van der Waals surface area (Å²) >= 11 is 0. The molecule has 2 fully saturated rings. The summed E-state index contributed by atoms with van der Waals surface area (Å²) in [7, 11) is 0. The first-order chi connectivity index (χ1) is 12.1. The number of nitrogens with one attached hydrogen (secondary N) is 2. The number of aromatic nitrogens is 2. The lowest BCUT2D eigenvalue weighted by Gasteiger charge is -2.34. The average molecular weight is 345 g/mol. The minimum atomic E-state index is -0.414. The highest BCUT2D eigenvalue weighted by molar-refractivity contribution is 5.87. The summed E-state index contributed by atoms with van der Waals surface area (Å²) in [5.74, 6) is 0.759. The highest BCUT2D eigenvalue weighted by Gasteiger charge is 2.33. The lowest BCUT2D eigenvalue weighted by atomic mass is 9.96. The molecule has 2 amide bonds. The van der Waals surface area contributed by atoms with Crippen molar-refractivity contribution in [3.8, 4) is 0 Å². The molecule has 2 atom stereocenters. The molecule has 0 spiro atoms. The van der Waals surface area contributed by atoms with E-state index in [-0.39, 0.29) is 23.8 Å². The van der Waals surface area contributed by atoms with E-state index in [1.807, 2.05) is 0 Å². The summed E-state index contributed by atoms with van der Waals surface area (Å²) in [5, 5.41) is 6.01. The van der Waals surface area contributed by atoms with E-state index in [0.29, 0.717) is 12.5 Å². The Bertz CT molecular complexity index is 588. The Hall–Kier alpha value is -2.18. The molecule has 136 valence electrons. The molecule has 0 bridgehead atoms. The summed E-state index contributed by atoms with van der Waals surface area (Å²) in [6, 6.07) is 1.44. The lowest BCUT2D eigenvalue weighted by molar-refractivity contribution is -0.130. The van der Waals surface area contributed by atoms with Crippen LogP contribution in [0.1, 0.15) is 45.4 Å². The van der Waals surface area contributed by atoms with Crippen LogP contribution in [0.15, 0.2) is 18.5 Å². The quantitative estimate of drug-likeness (QED) is 0.839. The van der Waals surface area contributed by atoms with Gasteiger partial charge in [-0.2, -0.15) is 0 Å². The molecule has 7 heteroatoms. The Labute approximate surface area is 148 Å². The molecular weight excluding hydrogens is 318 g/mol. The largest absolute Gasteiger partial charge is 0.350 e. The van der Waals surface area contributed by atoms with Crippen molar-refractivity contribution in [2.24, 2.45) is 5.92 Å². The van der Waals surface area contributed by atoms with Crippen molar-refractivity contribution < 1.29 is 9.59 Å². The van der Waals surface area contributed by atoms with Gasteiger partial charge >= 0.3 is 0 Å². The van der Waals surface area contributed by atoms with E-state index in [9.17, 15) is 9.59 Å². The topological polar surface area (TPSA) is 87.2 Å². The Balaban J connectivity index is 1.61. The van der Waals surface area contributed by atoms with Crippen LogP contribution in [0.2, 0.25) is 0 Å². The molecule has 1 aromatic heterocycles. The third kappa shape index (κ3) is 4.67. The van der Waals surface area contributed by atoms with Crippen LogP contribution in [0.25, 0.3) is 0 Å². The second-order valence-electron chi connectivity index (χ2n) is 7.07. The van der Waals surface area contributed by atoms with Gasteiger partial charge in [0.25, 0.3) is 0 Å². The van der Waals surface area contributed by atoms with E-state index in [0.717, 1.165) is 45.1 Å². The Morgan fingerprint density at radius 2 is 1.88 bits per heavy atom. The van der Waals surface area contributed by atoms with Crippen LogP contribution in [0.5, 0.6) is 0 Å². The summed E-state index contributed by atoms with van der Waals surface area (Å²) < 4.78 is 0. The van der Waals surface area contributed by atoms with Gasteiger partial charge < -0.3 is 15.5 Å². The maximum Gasteiger partial charge on any atom is 0.243 e. The molecule has 1 aromatic rings. The van der Waals surface area contributed by atoms with Crippen LogP contribution < -0.4 is 15.5 Å². The number of piperidine rings is 1. The smallest absolute Gasteiger partial charge is 0.243 e. The van der Waals surface area contributed by atoms with Crippen molar-refractivity contribution in [3.63, 3.8) is 0 Å². The number of rotatable bonds is 5. The van der Waals surface area contributed by atoms with Gasteiger partial charge in [0.15, 0.2) is 0 Å². The predicted molar refractivity (Wildman–Crippen MR) is 95.0 cm³/mol. The number of hydrogen-bond acceptors (Lipinski definition) is 5. The van der Waals surface area contributed by atoms with Crippen LogP contribution >= 0.6 is 0 Å². The molecule has 2 unspecified atom stereocenters. The molecule has 1 saturated heterocycles. The molecule has 1 aliphatic heterocycles. The van der Waals surface area contributed by atoms with Crippen LogP contribution in [-0.4, -0.2) is 47.0 Å². The van der Waals surface area contributed by atoms with Gasteiger partial charge in [-0.1, -0.05) is 12.8 Å². The van der Waals surface area contributed by atoms with E-state index < -0.39 is 6.04 Å². The fourth-order valence-corrected chi connectivity index (χ4v) is 3.93. The third-order valence-corrected chi connectivity index (χ3v) is 5.12. The molecule has 25 heavy (non-hydrogen) atoms. The van der Waals surface area contributed by atoms with E-state index in [1.54, 1.807) is 18.5 Å². The van der Waals surface area contributed by atoms with Gasteiger partial charge in [-0.15, -0.1) is 0 Å². The molecule has 0 radical (unpaired) electrons. The van der Waals surface area contributed by atoms with Gasteiger partial charge in [0, 0.05) is 38.4 Å². The molecular formula is C18H27N5O2. The van der Waals surface area contributed by atoms with E-state index in [4.69, 9.17) is 0 Å². The van der Waals surface area contributed by atoms with Crippen LogP contribution in [0.4, 0.5) is 5.95 Å². The van der Waals surface area contributed by atoms with E-state index >= 15 is 0 Å². The molecule has 3 rings (SSSR count). The molecule has 2 aliphatic rings. The van der Waals surface area contributed by atoms with Crippen molar-refractivity contribution in [2.45, 2.75) is 57.5 Å². The number of carbonyl (C=O) groups is 2. The minimum absolute atomic E-state index is 0.0528. The van der Waals surface area contributed by atoms with Crippen molar-refractivity contribution in [2.75, 3.05) is 18.0 Å². The monoisotopic (exact) mass is 345 g/mol. The summed E-state index contributed by atoms with van der Waals surface area (Å²) in [5.41, 5.74) is 0. The van der Waals surface area contributed by atoms with E-state index in [1.165, 1.54) is 6.92 Å². The minimum Gasteiger partial charge on any atom is -0.350 e. The number of hydrogen-bond donors (Lipinski definition) is 2. The van der Waals surface area contributed by atoms with Crippen molar-refractivity contribution in [3.05, 3.63) is 18.5 Å². The van der Waals surface area contributed by atoms with Crippen molar-refractivity contribution >= 4 is 17.8 Å². The van der Waals surface area contributed by atoms with Crippen LogP contribution in [0.3, 0.4) is 0 Å². The summed E-state index contributed by atoms with van der Waals surface area (Å²) in [6.07, 6.45) is 9.67. The first-order valence-corrected chi connectivity index (χ1v) is 9.23. The van der Waals surface area contributed by atoms with Gasteiger partial charge in [-0.05, 0) is 37.7 Å². The van der Waals surface area contributed by atoms with Gasteiger partial charge in [0.1, 0.15) is 6.04 Å². The van der Waals surface area contributed by atoms with Crippen LogP contribution in [0, 0.1) is 5.92 Å². The molecule has 2 heterocycles. The number of nitrogens with zero attached hydrogens (tertiary/aromatic N) is 3. The highest BCUT2D eigenvalue weighted by atomic mass is 16.2. The zero-order valence-corrected chi connectivity index (χ0v) is 14.8. The Morgan fingerprint density at radius 3 is 2.56 bits per heavy atom. The maximum atomic E-state index is 12.8. The van der Waals surface area contributed by atoms with Crippen LogP contribution in [-0.2, 0) is 9.59 Å². The second kappa shape index (κ2) is 8.27. The van der Waals surface area contributed by atoms with Crippen molar-refractivity contribution in [1.82, 2.24) is 20.6 Å². The Kier molecular flexibility index (Phi) is 5.83. The molecule has 2 N–H and O–H groups in total. The second-order valence-corrected chi connectivity index (χ2v) is 7.07. The summed E-state index contributed by atoms with van der Waals surface area (Å²) in [6.45, 7) is 3.08. The molecule has 1 aliphatic carbocycles. The number of carbonyl (C=O) groups excluding carboxylic acids is 2. The van der Waals surface area contributed by atoms with Gasteiger partial charge in [0.05, 0.1) is 0 Å². The third-order valence-electron chi connectivity index (χ3n) is 5.12. The SMILES string of the molecule is CC(=O)NC(C(=O)NC1CCCN(c2ncccn2)C1)C1CCCC1. The lowest BCUT2D eigenvalue weighted by Crippen LogP contribution is -2.55. The van der Waals surface area contributed by atoms with Gasteiger partial charge in [-0.3, -0.25) is 9.59 Å². The number of amides is 2. The standard InChI is InChI=1S/C18H27N5O2/c1-13(24)21-16(14-6-2-3-7-14)17(25)22-15-8-4-11-23(12-15)18-19-9-5-10-20-18/h5,9-10,14-16H,2-4,6-8,11-12H2,1H3,(H,21,24)(H,22,25). The predicted octanol–water partition coefficient (Wildman–Crippen LogP) is 1.26. The first-order valence-electron chi connectivity index (χ1n) is 9.23. The summed E-state index contributed by atoms with van der Waals surface area (Å²) in [4.78, 5) is 35.0. The zero-order chi connectivity index (χ0) is 17.6. The van der Waals surface area contributed by atoms with Gasteiger partial charge in [-0.25, -0.2) is 9.97 Å². The van der Waals surface area contributed by atoms with Crippen molar-refractivity contribution in [1.29, 1.82) is 0 Å². The fraction of sp³-hybridized carbons (Fsp3) is 0.667. The average Bonchev–Trinajstić information content (AvgIpc) is 3.15. The fourth-order valence-electron chi connectivity index (χ4n) is 3.93. The molecule has 1 saturated carbocycles. The zero-order valence-electron chi connectivity index (χ0n) is 14.8. The maximum absolute atomic E-state index is 12.8. The first kappa shape index (κ1) is 17.6. The Morgan fingerprint density at radius 1 is 1.16 bits per heavy atom. The van der Waals surface area contributed by atoms with Gasteiger partial charge in [0.2, 0.25) is 17.8 Å². The normalized spacial score (nSPS) is 22.4.